The van der Waals surface area contributed by atoms with Crippen LogP contribution in [0.3, 0.4) is 0 Å². The second-order valence-electron chi connectivity index (χ2n) is 6.53. The molecule has 1 saturated heterocycles. The molecule has 2 aliphatic rings. The van der Waals surface area contributed by atoms with Gasteiger partial charge in [0.1, 0.15) is 0 Å². The summed E-state index contributed by atoms with van der Waals surface area (Å²) >= 11 is 0. The number of carbonyl (C=O) groups is 1. The number of hydrogen-bond acceptors (Lipinski definition) is 4. The SMILES string of the molecule is Cc1ccc(S(=O)(=O)N2CC3(CCC3)OCC2C)cc1C(=O)O. The maximum atomic E-state index is 13.0. The number of hydrogen-bond donors (Lipinski definition) is 1. The highest BCUT2D eigenvalue weighted by atomic mass is 32.2. The van der Waals surface area contributed by atoms with E-state index in [1.54, 1.807) is 13.0 Å². The van der Waals surface area contributed by atoms with E-state index in [0.717, 1.165) is 19.3 Å². The molecule has 3 rings (SSSR count). The van der Waals surface area contributed by atoms with Crippen molar-refractivity contribution in [3.05, 3.63) is 29.3 Å². The highest BCUT2D eigenvalue weighted by molar-refractivity contribution is 7.89. The van der Waals surface area contributed by atoms with Crippen LogP contribution >= 0.6 is 0 Å². The summed E-state index contributed by atoms with van der Waals surface area (Å²) in [5.41, 5.74) is 0.215. The Morgan fingerprint density at radius 1 is 1.39 bits per heavy atom. The van der Waals surface area contributed by atoms with Crippen LogP contribution in [0.15, 0.2) is 23.1 Å². The summed E-state index contributed by atoms with van der Waals surface area (Å²) in [7, 11) is -3.74. The first-order valence-electron chi connectivity index (χ1n) is 7.75. The summed E-state index contributed by atoms with van der Waals surface area (Å²) in [6.07, 6.45) is 2.80. The van der Waals surface area contributed by atoms with Gasteiger partial charge < -0.3 is 9.84 Å². The van der Waals surface area contributed by atoms with E-state index >= 15 is 0 Å². The second kappa shape index (κ2) is 5.58. The van der Waals surface area contributed by atoms with Crippen molar-refractivity contribution in [2.75, 3.05) is 13.2 Å². The van der Waals surface area contributed by atoms with Gasteiger partial charge in [-0.1, -0.05) is 6.07 Å². The molecule has 1 heterocycles. The zero-order chi connectivity index (χ0) is 16.8. The van der Waals surface area contributed by atoms with E-state index in [0.29, 0.717) is 18.7 Å². The fourth-order valence-electron chi connectivity index (χ4n) is 3.19. The van der Waals surface area contributed by atoms with Crippen molar-refractivity contribution in [1.29, 1.82) is 0 Å². The predicted octanol–water partition coefficient (Wildman–Crippen LogP) is 2.03. The Labute approximate surface area is 136 Å². The number of morpholine rings is 1. The molecule has 126 valence electrons. The summed E-state index contributed by atoms with van der Waals surface area (Å²) < 4.78 is 33.3. The quantitative estimate of drug-likeness (QED) is 0.911. The minimum absolute atomic E-state index is 0.0188. The Kier molecular flexibility index (Phi) is 3.98. The van der Waals surface area contributed by atoms with Crippen molar-refractivity contribution in [3.63, 3.8) is 0 Å². The van der Waals surface area contributed by atoms with Gasteiger partial charge in [-0.3, -0.25) is 0 Å². The molecule has 1 unspecified atom stereocenters. The molecular weight excluding hydrogens is 318 g/mol. The molecule has 6 nitrogen and oxygen atoms in total. The van der Waals surface area contributed by atoms with Gasteiger partial charge in [-0.2, -0.15) is 4.31 Å². The van der Waals surface area contributed by atoms with Crippen molar-refractivity contribution in [2.24, 2.45) is 0 Å². The summed E-state index contributed by atoms with van der Waals surface area (Å²) in [6, 6.07) is 4.01. The molecule has 2 fully saturated rings. The molecule has 1 saturated carbocycles. The van der Waals surface area contributed by atoms with Crippen molar-refractivity contribution in [2.45, 2.75) is 49.6 Å². The number of benzene rings is 1. The first kappa shape index (κ1) is 16.4. The zero-order valence-corrected chi connectivity index (χ0v) is 14.1. The maximum Gasteiger partial charge on any atom is 0.335 e. The van der Waals surface area contributed by atoms with Crippen LogP contribution in [0.4, 0.5) is 0 Å². The molecule has 1 aromatic carbocycles. The third-order valence-corrected chi connectivity index (χ3v) is 6.83. The molecule has 23 heavy (non-hydrogen) atoms. The lowest BCUT2D eigenvalue weighted by Crippen LogP contribution is -2.60. The monoisotopic (exact) mass is 339 g/mol. The molecule has 1 spiro atoms. The van der Waals surface area contributed by atoms with Crippen molar-refractivity contribution >= 4 is 16.0 Å². The van der Waals surface area contributed by atoms with Crippen LogP contribution in [0, 0.1) is 6.92 Å². The summed E-state index contributed by atoms with van der Waals surface area (Å²) in [5, 5.41) is 9.22. The van der Waals surface area contributed by atoms with E-state index in [2.05, 4.69) is 0 Å². The van der Waals surface area contributed by atoms with Crippen LogP contribution < -0.4 is 0 Å². The van der Waals surface area contributed by atoms with Crippen molar-refractivity contribution in [1.82, 2.24) is 4.31 Å². The van der Waals surface area contributed by atoms with E-state index < -0.39 is 16.0 Å². The van der Waals surface area contributed by atoms with E-state index in [1.165, 1.54) is 16.4 Å². The zero-order valence-electron chi connectivity index (χ0n) is 13.3. The summed E-state index contributed by atoms with van der Waals surface area (Å²) in [6.45, 7) is 4.18. The fourth-order valence-corrected chi connectivity index (χ4v) is 4.91. The highest BCUT2D eigenvalue weighted by Crippen LogP contribution is 2.40. The molecule has 1 N–H and O–H groups in total. The largest absolute Gasteiger partial charge is 0.478 e. The van der Waals surface area contributed by atoms with E-state index in [9.17, 15) is 18.3 Å². The van der Waals surface area contributed by atoms with Gasteiger partial charge in [-0.05, 0) is 50.8 Å². The van der Waals surface area contributed by atoms with Gasteiger partial charge in [-0.25, -0.2) is 13.2 Å². The molecule has 1 aliphatic carbocycles. The normalized spacial score (nSPS) is 24.3. The van der Waals surface area contributed by atoms with Crippen molar-refractivity contribution in [3.8, 4) is 0 Å². The number of carboxylic acid groups (broad SMARTS) is 1. The predicted molar refractivity (Wildman–Crippen MR) is 84.0 cm³/mol. The first-order chi connectivity index (χ1) is 10.8. The lowest BCUT2D eigenvalue weighted by Gasteiger charge is -2.50. The average Bonchev–Trinajstić information content (AvgIpc) is 2.46. The van der Waals surface area contributed by atoms with Gasteiger partial charge >= 0.3 is 5.97 Å². The first-order valence-corrected chi connectivity index (χ1v) is 9.19. The average molecular weight is 339 g/mol. The van der Waals surface area contributed by atoms with Crippen LogP contribution in [-0.4, -0.2) is 48.6 Å². The molecule has 0 aromatic heterocycles. The fraction of sp³-hybridized carbons (Fsp3) is 0.562. The molecule has 1 aliphatic heterocycles. The van der Waals surface area contributed by atoms with E-state index in [-0.39, 0.29) is 22.1 Å². The third-order valence-electron chi connectivity index (χ3n) is 4.88. The van der Waals surface area contributed by atoms with Gasteiger partial charge in [0.2, 0.25) is 10.0 Å². The number of sulfonamides is 1. The number of aryl methyl sites for hydroxylation is 1. The second-order valence-corrected chi connectivity index (χ2v) is 8.42. The Morgan fingerprint density at radius 3 is 2.65 bits per heavy atom. The maximum absolute atomic E-state index is 13.0. The molecule has 1 aromatic rings. The number of rotatable bonds is 3. The smallest absolute Gasteiger partial charge is 0.335 e. The minimum Gasteiger partial charge on any atom is -0.478 e. The van der Waals surface area contributed by atoms with Gasteiger partial charge in [-0.15, -0.1) is 0 Å². The Morgan fingerprint density at radius 2 is 2.09 bits per heavy atom. The van der Waals surface area contributed by atoms with Crippen LogP contribution in [0.1, 0.15) is 42.1 Å². The van der Waals surface area contributed by atoms with Crippen LogP contribution in [0.2, 0.25) is 0 Å². The molecule has 0 bridgehead atoms. The highest BCUT2D eigenvalue weighted by Gasteiger charge is 2.47. The van der Waals surface area contributed by atoms with Gasteiger partial charge in [0, 0.05) is 12.6 Å². The standard InChI is InChI=1S/C16H21NO5S/c1-11-4-5-13(8-14(11)15(18)19)23(20,21)17-10-16(6-3-7-16)22-9-12(17)2/h4-5,8,12H,3,6-7,9-10H2,1-2H3,(H,18,19). The number of ether oxygens (including phenoxy) is 1. The van der Waals surface area contributed by atoms with Gasteiger partial charge in [0.15, 0.2) is 0 Å². The molecule has 0 amide bonds. The lowest BCUT2D eigenvalue weighted by molar-refractivity contribution is -0.150. The molecule has 0 radical (unpaired) electrons. The van der Waals surface area contributed by atoms with E-state index in [1.807, 2.05) is 6.92 Å². The van der Waals surface area contributed by atoms with E-state index in [4.69, 9.17) is 4.74 Å². The van der Waals surface area contributed by atoms with Crippen LogP contribution in [0.25, 0.3) is 0 Å². The Bertz CT molecular complexity index is 739. The lowest BCUT2D eigenvalue weighted by atomic mass is 9.79. The van der Waals surface area contributed by atoms with Crippen molar-refractivity contribution < 1.29 is 23.1 Å². The topological polar surface area (TPSA) is 83.9 Å². The molecule has 1 atom stereocenters. The van der Waals surface area contributed by atoms with Crippen LogP contribution in [0.5, 0.6) is 0 Å². The molecular formula is C16H21NO5S. The molecule has 7 heteroatoms. The summed E-state index contributed by atoms with van der Waals surface area (Å²) in [4.78, 5) is 11.3. The van der Waals surface area contributed by atoms with Gasteiger partial charge in [0.25, 0.3) is 0 Å². The number of aromatic carboxylic acids is 1. The number of carboxylic acids is 1. The third kappa shape index (κ3) is 2.77. The Balaban J connectivity index is 1.97. The van der Waals surface area contributed by atoms with Gasteiger partial charge in [0.05, 0.1) is 22.7 Å². The van der Waals surface area contributed by atoms with Crippen LogP contribution in [-0.2, 0) is 14.8 Å². The summed E-state index contributed by atoms with van der Waals surface area (Å²) in [5.74, 6) is -1.12. The minimum atomic E-state index is -3.74. The Hall–Kier alpha value is -1.44. The number of nitrogens with zero attached hydrogens (tertiary/aromatic N) is 1.